The fourth-order valence-electron chi connectivity index (χ4n) is 1.68. The van der Waals surface area contributed by atoms with E-state index in [0.29, 0.717) is 24.3 Å². The van der Waals surface area contributed by atoms with Crippen LogP contribution in [0.2, 0.25) is 0 Å². The molecule has 1 unspecified atom stereocenters. The zero-order valence-electron chi connectivity index (χ0n) is 9.49. The van der Waals surface area contributed by atoms with Crippen LogP contribution in [0.3, 0.4) is 0 Å². The molecule has 1 saturated heterocycles. The number of carbonyl (C=O) groups is 2. The van der Waals surface area contributed by atoms with Crippen molar-refractivity contribution in [2.75, 3.05) is 11.1 Å². The van der Waals surface area contributed by atoms with Gasteiger partial charge in [0.05, 0.1) is 5.69 Å². The third-order valence-electron chi connectivity index (χ3n) is 2.76. The average molecular weight is 234 g/mol. The van der Waals surface area contributed by atoms with E-state index in [-0.39, 0.29) is 11.8 Å². The molecular weight excluding hydrogens is 220 g/mol. The summed E-state index contributed by atoms with van der Waals surface area (Å²) < 4.78 is 0. The second kappa shape index (κ2) is 4.40. The van der Waals surface area contributed by atoms with Crippen molar-refractivity contribution in [2.24, 2.45) is 0 Å². The van der Waals surface area contributed by atoms with Crippen LogP contribution in [-0.4, -0.2) is 22.8 Å². The molecule has 2 heterocycles. The molecule has 1 aromatic heterocycles. The lowest BCUT2D eigenvalue weighted by Gasteiger charge is -2.23. The van der Waals surface area contributed by atoms with Gasteiger partial charge < -0.3 is 11.1 Å². The van der Waals surface area contributed by atoms with E-state index in [2.05, 4.69) is 15.6 Å². The van der Waals surface area contributed by atoms with Crippen molar-refractivity contribution in [1.29, 1.82) is 0 Å². The molecule has 0 radical (unpaired) electrons. The van der Waals surface area contributed by atoms with E-state index in [9.17, 15) is 9.59 Å². The molecule has 17 heavy (non-hydrogen) atoms. The Hall–Kier alpha value is -2.11. The van der Waals surface area contributed by atoms with Gasteiger partial charge >= 0.3 is 0 Å². The Kier molecular flexibility index (Phi) is 2.95. The second-order valence-electron chi connectivity index (χ2n) is 4.04. The minimum Gasteiger partial charge on any atom is -0.396 e. The molecule has 0 bridgehead atoms. The summed E-state index contributed by atoms with van der Waals surface area (Å²) >= 11 is 0. The van der Waals surface area contributed by atoms with Crippen LogP contribution in [0, 0.1) is 6.92 Å². The predicted octanol–water partition coefficient (Wildman–Crippen LogP) is 0.189. The molecule has 2 rings (SSSR count). The lowest BCUT2D eigenvalue weighted by Crippen LogP contribution is -2.47. The van der Waals surface area contributed by atoms with Crippen molar-refractivity contribution >= 4 is 23.3 Å². The second-order valence-corrected chi connectivity index (χ2v) is 4.04. The number of amides is 2. The normalized spacial score (nSPS) is 19.9. The smallest absolute Gasteiger partial charge is 0.249 e. The molecule has 1 aliphatic heterocycles. The maximum atomic E-state index is 11.5. The Morgan fingerprint density at radius 1 is 1.53 bits per heavy atom. The largest absolute Gasteiger partial charge is 0.396 e. The Balaban J connectivity index is 2.13. The van der Waals surface area contributed by atoms with Gasteiger partial charge in [-0.25, -0.2) is 4.98 Å². The Bertz CT molecular complexity index is 473. The number of nitrogens with one attached hydrogen (secondary N) is 2. The third-order valence-corrected chi connectivity index (χ3v) is 2.76. The highest BCUT2D eigenvalue weighted by Gasteiger charge is 2.27. The molecule has 2 amide bonds. The fourth-order valence-corrected chi connectivity index (χ4v) is 1.68. The summed E-state index contributed by atoms with van der Waals surface area (Å²) in [5, 5.41) is 5.23. The van der Waals surface area contributed by atoms with Crippen molar-refractivity contribution in [3.05, 3.63) is 17.8 Å². The van der Waals surface area contributed by atoms with Crippen molar-refractivity contribution in [3.63, 3.8) is 0 Å². The maximum Gasteiger partial charge on any atom is 0.249 e. The van der Waals surface area contributed by atoms with Crippen LogP contribution >= 0.6 is 0 Å². The summed E-state index contributed by atoms with van der Waals surface area (Å²) in [5.41, 5.74) is 7.27. The first-order valence-electron chi connectivity index (χ1n) is 5.39. The first-order valence-corrected chi connectivity index (χ1v) is 5.39. The minimum atomic E-state index is -0.454. The van der Waals surface area contributed by atoms with E-state index in [0.717, 1.165) is 5.56 Å². The van der Waals surface area contributed by atoms with Crippen LogP contribution in [0.5, 0.6) is 0 Å². The lowest BCUT2D eigenvalue weighted by molar-refractivity contribution is -0.133. The molecule has 0 saturated carbocycles. The van der Waals surface area contributed by atoms with Crippen LogP contribution in [0.1, 0.15) is 18.4 Å². The minimum absolute atomic E-state index is 0.238. The molecule has 6 nitrogen and oxygen atoms in total. The van der Waals surface area contributed by atoms with Gasteiger partial charge in [0, 0.05) is 12.6 Å². The number of imide groups is 1. The molecule has 90 valence electrons. The molecular formula is C11H14N4O2. The maximum absolute atomic E-state index is 11.5. The topological polar surface area (TPSA) is 97.1 Å². The average Bonchev–Trinajstić information content (AvgIpc) is 2.28. The fraction of sp³-hybridized carbons (Fsp3) is 0.364. The number of nitrogens with two attached hydrogens (primary N) is 1. The molecule has 0 aliphatic carbocycles. The summed E-state index contributed by atoms with van der Waals surface area (Å²) in [7, 11) is 0. The van der Waals surface area contributed by atoms with E-state index in [1.807, 2.05) is 6.92 Å². The zero-order valence-corrected chi connectivity index (χ0v) is 9.49. The molecule has 4 N–H and O–H groups in total. The number of aryl methyl sites for hydroxylation is 1. The van der Waals surface area contributed by atoms with Gasteiger partial charge in [0.1, 0.15) is 11.9 Å². The number of aromatic nitrogens is 1. The zero-order chi connectivity index (χ0) is 12.4. The SMILES string of the molecule is Cc1ccnc(NC2CCC(=O)NC2=O)c1N. The number of carbonyl (C=O) groups excluding carboxylic acids is 2. The monoisotopic (exact) mass is 234 g/mol. The van der Waals surface area contributed by atoms with E-state index >= 15 is 0 Å². The van der Waals surface area contributed by atoms with E-state index in [4.69, 9.17) is 5.73 Å². The Morgan fingerprint density at radius 3 is 3.00 bits per heavy atom. The van der Waals surface area contributed by atoms with E-state index < -0.39 is 6.04 Å². The van der Waals surface area contributed by atoms with Gasteiger partial charge in [-0.2, -0.15) is 0 Å². The van der Waals surface area contributed by atoms with Crippen molar-refractivity contribution in [3.8, 4) is 0 Å². The predicted molar refractivity (Wildman–Crippen MR) is 63.2 cm³/mol. The Labute approximate surface area is 98.6 Å². The molecule has 6 heteroatoms. The lowest BCUT2D eigenvalue weighted by atomic mass is 10.1. The number of hydrogen-bond acceptors (Lipinski definition) is 5. The highest BCUT2D eigenvalue weighted by molar-refractivity contribution is 6.01. The number of pyridine rings is 1. The highest BCUT2D eigenvalue weighted by Crippen LogP contribution is 2.21. The third kappa shape index (κ3) is 2.35. The number of nitrogens with zero attached hydrogens (tertiary/aromatic N) is 1. The van der Waals surface area contributed by atoms with Crippen molar-refractivity contribution < 1.29 is 9.59 Å². The van der Waals surface area contributed by atoms with Gasteiger partial charge in [-0.3, -0.25) is 14.9 Å². The van der Waals surface area contributed by atoms with Gasteiger partial charge in [-0.05, 0) is 25.0 Å². The van der Waals surface area contributed by atoms with Crippen molar-refractivity contribution in [1.82, 2.24) is 10.3 Å². The number of rotatable bonds is 2. The summed E-state index contributed by atoms with van der Waals surface area (Å²) in [4.78, 5) is 26.6. The van der Waals surface area contributed by atoms with E-state index in [1.165, 1.54) is 0 Å². The number of nitrogen functional groups attached to an aromatic ring is 1. The first kappa shape index (κ1) is 11.4. The quantitative estimate of drug-likeness (QED) is 0.635. The van der Waals surface area contributed by atoms with Crippen LogP contribution in [0.15, 0.2) is 12.3 Å². The Morgan fingerprint density at radius 2 is 2.29 bits per heavy atom. The molecule has 1 aromatic rings. The highest BCUT2D eigenvalue weighted by atomic mass is 16.2. The number of piperidine rings is 1. The number of hydrogen-bond donors (Lipinski definition) is 3. The molecule has 0 spiro atoms. The first-order chi connectivity index (χ1) is 8.08. The van der Waals surface area contributed by atoms with Gasteiger partial charge in [0.25, 0.3) is 0 Å². The molecule has 1 atom stereocenters. The summed E-state index contributed by atoms with van der Waals surface area (Å²) in [5.74, 6) is -0.0818. The molecule has 0 aromatic carbocycles. The van der Waals surface area contributed by atoms with Gasteiger partial charge in [0.15, 0.2) is 0 Å². The summed E-state index contributed by atoms with van der Waals surface area (Å²) in [6.07, 6.45) is 2.41. The van der Waals surface area contributed by atoms with Gasteiger partial charge in [-0.1, -0.05) is 0 Å². The molecule has 1 aliphatic rings. The van der Waals surface area contributed by atoms with Gasteiger partial charge in [-0.15, -0.1) is 0 Å². The number of anilines is 2. The van der Waals surface area contributed by atoms with Crippen LogP contribution in [0.25, 0.3) is 0 Å². The standard InChI is InChI=1S/C11H14N4O2/c1-6-4-5-13-10(9(6)12)14-7-2-3-8(16)15-11(7)17/h4-5,7H,2-3,12H2,1H3,(H,13,14)(H,15,16,17). The summed E-state index contributed by atoms with van der Waals surface area (Å²) in [6, 6.07) is 1.34. The van der Waals surface area contributed by atoms with E-state index in [1.54, 1.807) is 12.3 Å². The van der Waals surface area contributed by atoms with Gasteiger partial charge in [0.2, 0.25) is 11.8 Å². The van der Waals surface area contributed by atoms with Crippen molar-refractivity contribution in [2.45, 2.75) is 25.8 Å². The van der Waals surface area contributed by atoms with Crippen LogP contribution in [0.4, 0.5) is 11.5 Å². The molecule has 1 fully saturated rings. The van der Waals surface area contributed by atoms with Crippen LogP contribution < -0.4 is 16.4 Å². The summed E-state index contributed by atoms with van der Waals surface area (Å²) in [6.45, 7) is 1.87. The van der Waals surface area contributed by atoms with Crippen LogP contribution in [-0.2, 0) is 9.59 Å².